The van der Waals surface area contributed by atoms with Gasteiger partial charge in [0.25, 0.3) is 0 Å². The monoisotopic (exact) mass is 262 g/mol. The molecule has 1 fully saturated rings. The molecule has 5 nitrogen and oxygen atoms in total. The van der Waals surface area contributed by atoms with Crippen molar-refractivity contribution in [2.45, 2.75) is 43.9 Å². The minimum absolute atomic E-state index is 0.326. The van der Waals surface area contributed by atoms with Crippen LogP contribution >= 0.6 is 0 Å². The fourth-order valence-electron chi connectivity index (χ4n) is 2.38. The molecule has 1 aliphatic rings. The molecule has 1 amide bonds. The van der Waals surface area contributed by atoms with Crippen molar-refractivity contribution in [3.63, 3.8) is 0 Å². The summed E-state index contributed by atoms with van der Waals surface area (Å²) in [5, 5.41) is 1.78. The molecule has 6 heteroatoms. The van der Waals surface area contributed by atoms with E-state index in [4.69, 9.17) is 5.73 Å². The van der Waals surface area contributed by atoms with Gasteiger partial charge in [-0.25, -0.2) is 8.42 Å². The standard InChI is InChI=1S/C11H22N2O3S/c1-3-8-4-5-9(12)10(6-8)17(15,16)7-11(14)13-2/h8-10H,3-7,12H2,1-2H3,(H,13,14). The van der Waals surface area contributed by atoms with Crippen molar-refractivity contribution < 1.29 is 13.2 Å². The number of nitrogens with two attached hydrogens (primary N) is 1. The van der Waals surface area contributed by atoms with Gasteiger partial charge in [-0.3, -0.25) is 4.79 Å². The molecule has 0 spiro atoms. The van der Waals surface area contributed by atoms with E-state index in [-0.39, 0.29) is 6.04 Å². The maximum absolute atomic E-state index is 12.1. The summed E-state index contributed by atoms with van der Waals surface area (Å²) < 4.78 is 24.2. The average molecular weight is 262 g/mol. The predicted octanol–water partition coefficient (Wildman–Crippen LogP) is 0.0532. The Morgan fingerprint density at radius 2 is 2.06 bits per heavy atom. The predicted molar refractivity (Wildman–Crippen MR) is 67.2 cm³/mol. The van der Waals surface area contributed by atoms with Crippen LogP contribution in [0.15, 0.2) is 0 Å². The summed E-state index contributed by atoms with van der Waals surface area (Å²) in [6.07, 6.45) is 3.29. The fourth-order valence-corrected chi connectivity index (χ4v) is 4.34. The van der Waals surface area contributed by atoms with Crippen molar-refractivity contribution in [2.24, 2.45) is 11.7 Å². The minimum atomic E-state index is -3.42. The van der Waals surface area contributed by atoms with E-state index in [2.05, 4.69) is 12.2 Å². The number of hydrogen-bond donors (Lipinski definition) is 2. The Kier molecular flexibility index (Phi) is 4.94. The van der Waals surface area contributed by atoms with Crippen LogP contribution in [0.2, 0.25) is 0 Å². The molecule has 0 heterocycles. The molecule has 1 saturated carbocycles. The van der Waals surface area contributed by atoms with Crippen LogP contribution < -0.4 is 11.1 Å². The quantitative estimate of drug-likeness (QED) is 0.749. The van der Waals surface area contributed by atoms with E-state index in [9.17, 15) is 13.2 Å². The number of sulfone groups is 1. The SMILES string of the molecule is CCC1CCC(N)C(S(=O)(=O)CC(=O)NC)C1. The van der Waals surface area contributed by atoms with Crippen molar-refractivity contribution in [1.82, 2.24) is 5.32 Å². The van der Waals surface area contributed by atoms with E-state index in [1.807, 2.05) is 0 Å². The zero-order valence-corrected chi connectivity index (χ0v) is 11.3. The first-order valence-electron chi connectivity index (χ1n) is 6.08. The molecular formula is C11H22N2O3S. The number of carbonyl (C=O) groups excluding carboxylic acids is 1. The zero-order valence-electron chi connectivity index (χ0n) is 10.5. The van der Waals surface area contributed by atoms with E-state index in [1.165, 1.54) is 7.05 Å². The van der Waals surface area contributed by atoms with E-state index in [0.717, 1.165) is 19.3 Å². The van der Waals surface area contributed by atoms with Gasteiger partial charge in [0.05, 0.1) is 5.25 Å². The lowest BCUT2D eigenvalue weighted by molar-refractivity contribution is -0.118. The largest absolute Gasteiger partial charge is 0.358 e. The molecule has 3 N–H and O–H groups in total. The highest BCUT2D eigenvalue weighted by molar-refractivity contribution is 7.92. The first kappa shape index (κ1) is 14.4. The molecule has 0 radical (unpaired) electrons. The van der Waals surface area contributed by atoms with E-state index in [1.54, 1.807) is 0 Å². The van der Waals surface area contributed by atoms with Crippen LogP contribution in [0.1, 0.15) is 32.6 Å². The van der Waals surface area contributed by atoms with Gasteiger partial charge in [0.15, 0.2) is 9.84 Å². The van der Waals surface area contributed by atoms with Crippen LogP contribution in [0.4, 0.5) is 0 Å². The molecule has 0 bridgehead atoms. The molecule has 1 aliphatic carbocycles. The highest BCUT2D eigenvalue weighted by atomic mass is 32.2. The lowest BCUT2D eigenvalue weighted by Crippen LogP contribution is -2.47. The third kappa shape index (κ3) is 3.67. The second kappa shape index (κ2) is 5.82. The summed E-state index contributed by atoms with van der Waals surface area (Å²) in [7, 11) is -1.99. The highest BCUT2D eigenvalue weighted by Crippen LogP contribution is 2.30. The normalized spacial score (nSPS) is 29.9. The number of rotatable bonds is 4. The molecule has 3 atom stereocenters. The molecule has 0 saturated heterocycles. The van der Waals surface area contributed by atoms with Crippen molar-refractivity contribution in [2.75, 3.05) is 12.8 Å². The van der Waals surface area contributed by atoms with Gasteiger partial charge in [0, 0.05) is 13.1 Å². The summed E-state index contributed by atoms with van der Waals surface area (Å²) in [5.74, 6) is -0.492. The third-order valence-electron chi connectivity index (χ3n) is 3.60. The van der Waals surface area contributed by atoms with Crippen LogP contribution in [0, 0.1) is 5.92 Å². The van der Waals surface area contributed by atoms with Gasteiger partial charge in [-0.05, 0) is 25.2 Å². The number of amides is 1. The number of hydrogen-bond acceptors (Lipinski definition) is 4. The van der Waals surface area contributed by atoms with Gasteiger partial charge in [-0.2, -0.15) is 0 Å². The smallest absolute Gasteiger partial charge is 0.234 e. The van der Waals surface area contributed by atoms with Crippen LogP contribution in [0.25, 0.3) is 0 Å². The van der Waals surface area contributed by atoms with Gasteiger partial charge in [-0.1, -0.05) is 13.3 Å². The fraction of sp³-hybridized carbons (Fsp3) is 0.909. The lowest BCUT2D eigenvalue weighted by atomic mass is 9.84. The maximum Gasteiger partial charge on any atom is 0.234 e. The van der Waals surface area contributed by atoms with Crippen molar-refractivity contribution in [3.05, 3.63) is 0 Å². The maximum atomic E-state index is 12.1. The Hall–Kier alpha value is -0.620. The van der Waals surface area contributed by atoms with Gasteiger partial charge < -0.3 is 11.1 Å². The van der Waals surface area contributed by atoms with Crippen LogP contribution in [-0.4, -0.2) is 38.4 Å². The van der Waals surface area contributed by atoms with Crippen LogP contribution in [-0.2, 0) is 14.6 Å². The van der Waals surface area contributed by atoms with E-state index >= 15 is 0 Å². The lowest BCUT2D eigenvalue weighted by Gasteiger charge is -2.33. The Bertz CT molecular complexity index is 367. The Labute approximate surface area is 103 Å². The van der Waals surface area contributed by atoms with Gasteiger partial charge in [0.1, 0.15) is 5.75 Å². The van der Waals surface area contributed by atoms with Crippen molar-refractivity contribution in [3.8, 4) is 0 Å². The van der Waals surface area contributed by atoms with Crippen molar-refractivity contribution in [1.29, 1.82) is 0 Å². The number of carbonyl (C=O) groups is 1. The molecule has 0 aromatic heterocycles. The molecule has 1 rings (SSSR count). The second-order valence-electron chi connectivity index (χ2n) is 4.77. The molecule has 0 aromatic rings. The first-order valence-corrected chi connectivity index (χ1v) is 7.80. The van der Waals surface area contributed by atoms with Crippen molar-refractivity contribution >= 4 is 15.7 Å². The summed E-state index contributed by atoms with van der Waals surface area (Å²) in [4.78, 5) is 11.2. The summed E-state index contributed by atoms with van der Waals surface area (Å²) in [5.41, 5.74) is 5.89. The molecule has 0 aliphatic heterocycles. The summed E-state index contributed by atoms with van der Waals surface area (Å²) in [6.45, 7) is 2.06. The Morgan fingerprint density at radius 1 is 1.41 bits per heavy atom. The van der Waals surface area contributed by atoms with Gasteiger partial charge in [-0.15, -0.1) is 0 Å². The number of nitrogens with one attached hydrogen (secondary N) is 1. The molecule has 17 heavy (non-hydrogen) atoms. The van der Waals surface area contributed by atoms with Gasteiger partial charge in [0.2, 0.25) is 5.91 Å². The summed E-state index contributed by atoms with van der Waals surface area (Å²) >= 11 is 0. The van der Waals surface area contributed by atoms with Crippen LogP contribution in [0.5, 0.6) is 0 Å². The molecule has 100 valence electrons. The minimum Gasteiger partial charge on any atom is -0.358 e. The Balaban J connectivity index is 2.77. The average Bonchev–Trinajstić information content (AvgIpc) is 2.28. The molecule has 3 unspecified atom stereocenters. The zero-order chi connectivity index (χ0) is 13.1. The van der Waals surface area contributed by atoms with Gasteiger partial charge >= 0.3 is 0 Å². The Morgan fingerprint density at radius 3 is 2.59 bits per heavy atom. The second-order valence-corrected chi connectivity index (χ2v) is 6.99. The summed E-state index contributed by atoms with van der Waals surface area (Å²) in [6, 6.07) is -0.326. The highest BCUT2D eigenvalue weighted by Gasteiger charge is 2.37. The van der Waals surface area contributed by atoms with E-state index < -0.39 is 26.7 Å². The van der Waals surface area contributed by atoms with E-state index in [0.29, 0.717) is 12.3 Å². The molecular weight excluding hydrogens is 240 g/mol. The molecule has 0 aromatic carbocycles. The topological polar surface area (TPSA) is 89.3 Å². The third-order valence-corrected chi connectivity index (χ3v) is 5.73. The van der Waals surface area contributed by atoms with Crippen LogP contribution in [0.3, 0.4) is 0 Å². The first-order chi connectivity index (χ1) is 7.90.